The van der Waals surface area contributed by atoms with Crippen LogP contribution in [-0.4, -0.2) is 58.6 Å². The molecule has 1 heterocycles. The lowest BCUT2D eigenvalue weighted by molar-refractivity contribution is -0.121. The van der Waals surface area contributed by atoms with Gasteiger partial charge in [0, 0.05) is 55.4 Å². The lowest BCUT2D eigenvalue weighted by Gasteiger charge is -2.11. The Morgan fingerprint density at radius 1 is 0.972 bits per heavy atom. The molecule has 0 aliphatic rings. The lowest BCUT2D eigenvalue weighted by Crippen LogP contribution is -2.21. The van der Waals surface area contributed by atoms with Gasteiger partial charge in [0.2, 0.25) is 5.91 Å². The van der Waals surface area contributed by atoms with Gasteiger partial charge in [-0.15, -0.1) is 11.3 Å². The van der Waals surface area contributed by atoms with Crippen LogP contribution in [0.1, 0.15) is 35.2 Å². The molecule has 1 aromatic heterocycles. The smallest absolute Gasteiger partial charge is 0.240 e. The van der Waals surface area contributed by atoms with Gasteiger partial charge in [0.15, 0.2) is 17.3 Å². The van der Waals surface area contributed by atoms with E-state index in [4.69, 9.17) is 18.9 Å². The van der Waals surface area contributed by atoms with Gasteiger partial charge < -0.3 is 18.9 Å². The summed E-state index contributed by atoms with van der Waals surface area (Å²) in [6.45, 7) is 1.16. The normalized spacial score (nSPS) is 11.5. The van der Waals surface area contributed by atoms with Crippen molar-refractivity contribution in [3.63, 3.8) is 0 Å². The van der Waals surface area contributed by atoms with E-state index in [0.717, 1.165) is 10.9 Å². The summed E-state index contributed by atoms with van der Waals surface area (Å²) in [5, 5.41) is 6.81. The number of carbonyl (C=O) groups is 2. The van der Waals surface area contributed by atoms with Gasteiger partial charge in [-0.3, -0.25) is 9.59 Å². The van der Waals surface area contributed by atoms with E-state index in [1.165, 1.54) is 24.5 Å². The fraction of sp³-hybridized carbons (Fsp3) is 0.346. The molecule has 0 aliphatic heterocycles. The van der Waals surface area contributed by atoms with Crippen molar-refractivity contribution in [3.8, 4) is 11.5 Å². The number of nitrogens with zero attached hydrogens (tertiary/aromatic N) is 1. The maximum atomic E-state index is 14.1. The number of ether oxygens (including phenoxy) is 4. The number of halogens is 1. The van der Waals surface area contributed by atoms with Gasteiger partial charge in [-0.1, -0.05) is 12.1 Å². The Labute approximate surface area is 213 Å². The molecular formula is C26H29FN2O6S. The minimum absolute atomic E-state index is 0.00557. The summed E-state index contributed by atoms with van der Waals surface area (Å²) >= 11 is 1.28. The van der Waals surface area contributed by atoms with Crippen molar-refractivity contribution < 1.29 is 32.9 Å². The quantitative estimate of drug-likeness (QED) is 0.146. The fourth-order valence-electron chi connectivity index (χ4n) is 3.45. The van der Waals surface area contributed by atoms with Crippen LogP contribution in [-0.2, 0) is 14.3 Å². The Morgan fingerprint density at radius 3 is 2.53 bits per heavy atom. The largest absolute Gasteiger partial charge is 0.493 e. The number of benzene rings is 2. The van der Waals surface area contributed by atoms with Crippen LogP contribution >= 0.6 is 11.3 Å². The van der Waals surface area contributed by atoms with Gasteiger partial charge in [0.05, 0.1) is 30.7 Å². The van der Waals surface area contributed by atoms with Gasteiger partial charge >= 0.3 is 0 Å². The molecule has 1 amide bonds. The molecule has 0 aliphatic carbocycles. The van der Waals surface area contributed by atoms with Crippen LogP contribution in [0, 0.1) is 5.82 Å². The number of hydrogen-bond donors (Lipinski definition) is 1. The molecule has 0 saturated heterocycles. The van der Waals surface area contributed by atoms with Crippen molar-refractivity contribution in [1.82, 2.24) is 5.43 Å². The number of hydrogen-bond acceptors (Lipinski definition) is 8. The molecule has 2 aromatic carbocycles. The molecule has 0 fully saturated rings. The number of ketones is 1. The van der Waals surface area contributed by atoms with Crippen molar-refractivity contribution in [2.75, 3.05) is 41.2 Å². The van der Waals surface area contributed by atoms with Crippen LogP contribution < -0.4 is 14.9 Å². The Bertz CT molecular complexity index is 1230. The van der Waals surface area contributed by atoms with E-state index < -0.39 is 5.91 Å². The number of fused-ring (bicyclic) bond motifs is 1. The zero-order valence-corrected chi connectivity index (χ0v) is 21.3. The minimum atomic E-state index is -0.407. The Kier molecular flexibility index (Phi) is 10.3. The molecule has 36 heavy (non-hydrogen) atoms. The summed E-state index contributed by atoms with van der Waals surface area (Å²) in [6, 6.07) is 9.73. The van der Waals surface area contributed by atoms with E-state index in [-0.39, 0.29) is 24.4 Å². The predicted molar refractivity (Wildman–Crippen MR) is 137 cm³/mol. The van der Waals surface area contributed by atoms with Crippen LogP contribution in [0.5, 0.6) is 11.5 Å². The van der Waals surface area contributed by atoms with Crippen molar-refractivity contribution in [2.24, 2.45) is 5.10 Å². The van der Waals surface area contributed by atoms with Crippen molar-refractivity contribution in [3.05, 3.63) is 58.7 Å². The summed E-state index contributed by atoms with van der Waals surface area (Å²) in [7, 11) is 4.64. The minimum Gasteiger partial charge on any atom is -0.493 e. The highest BCUT2D eigenvalue weighted by Gasteiger charge is 2.15. The lowest BCUT2D eigenvalue weighted by atomic mass is 10.1. The van der Waals surface area contributed by atoms with Crippen LogP contribution in [0.25, 0.3) is 10.1 Å². The molecule has 8 nitrogen and oxygen atoms in total. The molecule has 3 aromatic rings. The maximum Gasteiger partial charge on any atom is 0.240 e. The van der Waals surface area contributed by atoms with Crippen LogP contribution in [0.2, 0.25) is 0 Å². The number of amides is 1. The first-order chi connectivity index (χ1) is 17.5. The highest BCUT2D eigenvalue weighted by molar-refractivity contribution is 7.17. The number of rotatable bonds is 14. The molecule has 192 valence electrons. The molecular weight excluding hydrogens is 487 g/mol. The second kappa shape index (κ2) is 13.7. The second-order valence-corrected chi connectivity index (χ2v) is 8.61. The van der Waals surface area contributed by atoms with Crippen LogP contribution in [0.15, 0.2) is 46.9 Å². The standard InChI is InChI=1S/C26H29FN2O6S/c1-32-12-11-21(19-16-36-26-18(19)5-4-6-20(26)27)28-29-25(31)10-8-22(30)17-7-9-23(24(15-17)34-3)35-14-13-33-2/h4-7,9,15-16H,8,10-14H2,1-3H3,(H,29,31)/b28-21-. The predicted octanol–water partition coefficient (Wildman–Crippen LogP) is 4.59. The van der Waals surface area contributed by atoms with E-state index in [1.807, 2.05) is 11.4 Å². The molecule has 0 atom stereocenters. The number of thiophene rings is 1. The molecule has 0 radical (unpaired) electrons. The van der Waals surface area contributed by atoms with Gasteiger partial charge in [-0.25, -0.2) is 9.82 Å². The Balaban J connectivity index is 1.63. The van der Waals surface area contributed by atoms with E-state index in [9.17, 15) is 14.0 Å². The average molecular weight is 517 g/mol. The highest BCUT2D eigenvalue weighted by atomic mass is 32.1. The average Bonchev–Trinajstić information content (AvgIpc) is 3.33. The molecule has 0 unspecified atom stereocenters. The van der Waals surface area contributed by atoms with E-state index in [0.29, 0.717) is 53.7 Å². The summed E-state index contributed by atoms with van der Waals surface area (Å²) in [4.78, 5) is 25.1. The van der Waals surface area contributed by atoms with Gasteiger partial charge in [-0.05, 0) is 24.3 Å². The highest BCUT2D eigenvalue weighted by Crippen LogP contribution is 2.30. The molecule has 1 N–H and O–H groups in total. The van der Waals surface area contributed by atoms with Crippen molar-refractivity contribution in [2.45, 2.75) is 19.3 Å². The number of hydrazone groups is 1. The van der Waals surface area contributed by atoms with E-state index in [1.54, 1.807) is 38.5 Å². The van der Waals surface area contributed by atoms with E-state index in [2.05, 4.69) is 10.5 Å². The Morgan fingerprint density at radius 2 is 1.78 bits per heavy atom. The number of Topliss-reactive ketones (excluding diaryl/α,β-unsaturated/α-hetero) is 1. The second-order valence-electron chi connectivity index (χ2n) is 7.73. The maximum absolute atomic E-state index is 14.1. The molecule has 3 rings (SSSR count). The van der Waals surface area contributed by atoms with Crippen molar-refractivity contribution in [1.29, 1.82) is 0 Å². The molecule has 0 saturated carbocycles. The zero-order valence-electron chi connectivity index (χ0n) is 20.5. The first-order valence-corrected chi connectivity index (χ1v) is 12.2. The molecule has 0 spiro atoms. The zero-order chi connectivity index (χ0) is 25.9. The monoisotopic (exact) mass is 516 g/mol. The third-order valence-electron chi connectivity index (χ3n) is 5.33. The van der Waals surface area contributed by atoms with E-state index >= 15 is 0 Å². The first kappa shape index (κ1) is 27.3. The van der Waals surface area contributed by atoms with Gasteiger partial charge in [0.25, 0.3) is 0 Å². The van der Waals surface area contributed by atoms with Crippen LogP contribution in [0.4, 0.5) is 4.39 Å². The first-order valence-electron chi connectivity index (χ1n) is 11.3. The fourth-order valence-corrected chi connectivity index (χ4v) is 4.43. The molecule has 0 bridgehead atoms. The van der Waals surface area contributed by atoms with Gasteiger partial charge in [-0.2, -0.15) is 5.10 Å². The summed E-state index contributed by atoms with van der Waals surface area (Å²) in [6.07, 6.45) is 0.373. The summed E-state index contributed by atoms with van der Waals surface area (Å²) in [5.74, 6) is 0.00431. The number of carbonyl (C=O) groups excluding carboxylic acids is 2. The van der Waals surface area contributed by atoms with Gasteiger partial charge in [0.1, 0.15) is 12.4 Å². The number of methoxy groups -OCH3 is 3. The summed E-state index contributed by atoms with van der Waals surface area (Å²) < 4.78 is 35.7. The third-order valence-corrected chi connectivity index (χ3v) is 6.34. The molecule has 10 heteroatoms. The van der Waals surface area contributed by atoms with Crippen molar-refractivity contribution >= 4 is 38.8 Å². The Hall–Kier alpha value is -3.34. The SMILES string of the molecule is COCCOc1ccc(C(=O)CCC(=O)N/N=C(/CCOC)c2csc3c(F)cccc23)cc1OC. The number of nitrogens with one attached hydrogen (secondary N) is 1. The topological polar surface area (TPSA) is 95.5 Å². The summed E-state index contributed by atoms with van der Waals surface area (Å²) in [5.41, 5.74) is 4.24. The third kappa shape index (κ3) is 7.09. The van der Waals surface area contributed by atoms with Crippen LogP contribution in [0.3, 0.4) is 0 Å².